The predicted octanol–water partition coefficient (Wildman–Crippen LogP) is -2.73. The molecule has 1 saturated heterocycles. The first-order chi connectivity index (χ1) is 55.4. The number of nitrogens with one attached hydrogen (secondary N) is 13. The van der Waals surface area contributed by atoms with Crippen molar-refractivity contribution >= 4 is 107 Å². The number of rotatable bonds is 56. The third kappa shape index (κ3) is 37.4. The van der Waals surface area contributed by atoms with Crippen molar-refractivity contribution in [3.05, 3.63) is 35.9 Å². The van der Waals surface area contributed by atoms with Crippen molar-refractivity contribution in [2.24, 2.45) is 46.8 Å². The van der Waals surface area contributed by atoms with Gasteiger partial charge < -0.3 is 117 Å². The lowest BCUT2D eigenvalue weighted by Crippen LogP contribution is -2.62. The Kier molecular flexibility index (Phi) is 46.6. The summed E-state index contributed by atoms with van der Waals surface area (Å²) in [6, 6.07) is -13.8. The van der Waals surface area contributed by atoms with Crippen LogP contribution < -0.4 is 86.3 Å². The van der Waals surface area contributed by atoms with Crippen molar-refractivity contribution in [2.75, 3.05) is 26.2 Å². The fraction of sp³-hybridized carbons (Fsp3) is 0.692. The molecule has 24 N–H and O–H groups in total. The molecule has 0 aliphatic carbocycles. The van der Waals surface area contributed by atoms with E-state index in [2.05, 4.69) is 69.1 Å². The van der Waals surface area contributed by atoms with E-state index in [4.69, 9.17) is 17.2 Å². The number of carboxylic acid groups (broad SMARTS) is 4. The third-order valence-corrected chi connectivity index (χ3v) is 19.5. The maximum Gasteiger partial charge on any atom is 0.326 e. The largest absolute Gasteiger partial charge is 0.481 e. The van der Waals surface area contributed by atoms with Crippen LogP contribution in [0.15, 0.2) is 30.3 Å². The number of nitrogens with two attached hydrogens (primary N) is 3. The molecule has 0 radical (unpaired) electrons. The Morgan fingerprint density at radius 1 is 0.424 bits per heavy atom. The Morgan fingerprint density at radius 3 is 1.25 bits per heavy atom. The van der Waals surface area contributed by atoms with Crippen LogP contribution in [0.2, 0.25) is 0 Å². The van der Waals surface area contributed by atoms with Gasteiger partial charge in [-0.1, -0.05) is 106 Å². The highest BCUT2D eigenvalue weighted by Crippen LogP contribution is 2.22. The summed E-state index contributed by atoms with van der Waals surface area (Å²) in [7, 11) is 0. The predicted molar refractivity (Wildman–Crippen MR) is 428 cm³/mol. The van der Waals surface area contributed by atoms with Crippen LogP contribution in [-0.2, 0) is 92.7 Å². The smallest absolute Gasteiger partial charge is 0.326 e. The molecule has 0 bridgehead atoms. The van der Waals surface area contributed by atoms with Gasteiger partial charge in [0.15, 0.2) is 0 Å². The summed E-state index contributed by atoms with van der Waals surface area (Å²) in [6.07, 6.45) is -1.94. The molecule has 2 rings (SSSR count). The van der Waals surface area contributed by atoms with Crippen LogP contribution in [0, 0.1) is 29.6 Å². The standard InChI is InChI=1S/C78H129N17O23/c1-13-44(10)63(76(115)91-54(36-42(6)7)71(110)89-52(34-40(2)3)69(108)82-46(12)65(104)87-56(38-61(101)102)72(111)83-48(24-17-19-31-79)66(105)86-51(78(117)118)25-18-20-32-80)94-73(112)55(37-47-22-15-14-16-23-47)90-74(113)58-26-21-33-95(58)77(116)57(39-96)92-68(107)49(27-29-59(97)98)84-70(109)53(35-41(4)5)88-67(106)50(28-30-60(99)100)85-75(114)62(43(8)9)93-64(103)45(11)81/h14-16,22-23,40-46,48-58,62-63,96H,13,17-21,24-39,79-81H2,1-12H3,(H,82,108)(H,83,111)(H,84,109)(H,85,114)(H,86,105)(H,87,104)(H,88,106)(H,89,110)(H,90,113)(H,91,115)(H,92,107)(H,93,103)(H,94,112)(H,97,98)(H,99,100)(H,101,102)(H,117,118)/t44-,45-,46-,48-,49-,50-,51-,52-,53-,54-,55-,56-,57-,58-,62-,63-/m0/s1. The quantitative estimate of drug-likeness (QED) is 0.0294. The monoisotopic (exact) mass is 1670 g/mol. The lowest BCUT2D eigenvalue weighted by atomic mass is 9.95. The Labute approximate surface area is 688 Å². The third-order valence-electron chi connectivity index (χ3n) is 19.5. The van der Waals surface area contributed by atoms with Gasteiger partial charge in [0.1, 0.15) is 84.6 Å². The molecule has 14 amide bonds. The molecule has 16 atom stereocenters. The number of hydrogen-bond donors (Lipinski definition) is 21. The van der Waals surface area contributed by atoms with E-state index in [9.17, 15) is 112 Å². The second-order valence-electron chi connectivity index (χ2n) is 31.6. The van der Waals surface area contributed by atoms with Gasteiger partial charge in [-0.05, 0) is 146 Å². The molecule has 40 nitrogen and oxygen atoms in total. The van der Waals surface area contributed by atoms with Crippen LogP contribution in [0.25, 0.3) is 0 Å². The lowest BCUT2D eigenvalue weighted by molar-refractivity contribution is -0.143. The van der Waals surface area contributed by atoms with Gasteiger partial charge in [0.05, 0.1) is 19.1 Å². The lowest BCUT2D eigenvalue weighted by Gasteiger charge is -2.31. The Hall–Kier alpha value is -10.5. The van der Waals surface area contributed by atoms with Gasteiger partial charge in [-0.25, -0.2) is 4.79 Å². The number of hydrogen-bond acceptors (Lipinski definition) is 22. The molecule has 0 saturated carbocycles. The highest BCUT2D eigenvalue weighted by molar-refractivity contribution is 6.01. The number of amides is 14. The van der Waals surface area contributed by atoms with Gasteiger partial charge in [0.25, 0.3) is 0 Å². The van der Waals surface area contributed by atoms with E-state index < -0.39 is 248 Å². The molecule has 1 aromatic carbocycles. The molecule has 1 heterocycles. The van der Waals surface area contributed by atoms with Crippen LogP contribution in [-0.4, -0.2) is 254 Å². The number of aliphatic hydroxyl groups excluding tert-OH is 1. The summed E-state index contributed by atoms with van der Waals surface area (Å²) in [5, 5.41) is 82.3. The summed E-state index contributed by atoms with van der Waals surface area (Å²) in [5.41, 5.74) is 17.4. The molecular weight excluding hydrogens is 1540 g/mol. The topological polar surface area (TPSA) is 646 Å². The van der Waals surface area contributed by atoms with E-state index in [1.807, 2.05) is 0 Å². The minimum atomic E-state index is -1.85. The van der Waals surface area contributed by atoms with Crippen molar-refractivity contribution < 1.29 is 112 Å². The maximum absolute atomic E-state index is 14.9. The fourth-order valence-corrected chi connectivity index (χ4v) is 12.7. The summed E-state index contributed by atoms with van der Waals surface area (Å²) in [6.45, 7) is 18.7. The van der Waals surface area contributed by atoms with Gasteiger partial charge in [0.2, 0.25) is 82.7 Å². The molecule has 1 aromatic rings. The molecule has 0 aromatic heterocycles. The fourth-order valence-electron chi connectivity index (χ4n) is 12.7. The molecule has 664 valence electrons. The van der Waals surface area contributed by atoms with Crippen molar-refractivity contribution in [2.45, 2.75) is 289 Å². The van der Waals surface area contributed by atoms with Crippen molar-refractivity contribution in [1.29, 1.82) is 0 Å². The van der Waals surface area contributed by atoms with Crippen molar-refractivity contribution in [1.82, 2.24) is 74.0 Å². The zero-order chi connectivity index (χ0) is 89.4. The highest BCUT2D eigenvalue weighted by Gasteiger charge is 2.43. The maximum atomic E-state index is 14.9. The first kappa shape index (κ1) is 104. The SMILES string of the molecule is CC[C@H](C)[C@H](NC(=O)[C@H](Cc1ccccc1)NC(=O)[C@@H]1CCCN1C(=O)[C@H](CO)NC(=O)[C@H](CCC(=O)O)NC(=O)[C@H](CC(C)C)NC(=O)[C@H](CCC(=O)O)NC(=O)[C@@H](NC(=O)[C@H](C)N)C(C)C)C(=O)N[C@@H](CC(C)C)C(=O)N[C@@H](CC(C)C)C(=O)N[C@@H](C)C(=O)N[C@@H](CC(=O)O)C(=O)N[C@@H](CCCCN)C(=O)N[C@@H](CCCCN)C(=O)O. The van der Waals surface area contributed by atoms with E-state index in [-0.39, 0.29) is 102 Å². The number of carbonyl (C=O) groups is 18. The van der Waals surface area contributed by atoms with Gasteiger partial charge in [-0.3, -0.25) is 81.5 Å². The summed E-state index contributed by atoms with van der Waals surface area (Å²) < 4.78 is 0. The minimum absolute atomic E-state index is 0.00785. The van der Waals surface area contributed by atoms with E-state index in [1.54, 1.807) is 99.6 Å². The molecule has 1 aliphatic rings. The van der Waals surface area contributed by atoms with E-state index >= 15 is 0 Å². The zero-order valence-corrected chi connectivity index (χ0v) is 69.8. The van der Waals surface area contributed by atoms with Gasteiger partial charge in [-0.15, -0.1) is 0 Å². The first-order valence-corrected chi connectivity index (χ1v) is 40.3. The number of benzene rings is 1. The van der Waals surface area contributed by atoms with Crippen LogP contribution in [0.4, 0.5) is 0 Å². The number of aliphatic carboxylic acids is 4. The highest BCUT2D eigenvalue weighted by atomic mass is 16.4. The van der Waals surface area contributed by atoms with Crippen molar-refractivity contribution in [3.63, 3.8) is 0 Å². The average Bonchev–Trinajstić information content (AvgIpc) is 1.64. The Morgan fingerprint density at radius 2 is 0.814 bits per heavy atom. The number of unbranched alkanes of at least 4 members (excludes halogenated alkanes) is 2. The van der Waals surface area contributed by atoms with Gasteiger partial charge >= 0.3 is 23.9 Å². The number of nitrogens with zero attached hydrogens (tertiary/aromatic N) is 1. The van der Waals surface area contributed by atoms with E-state index in [0.717, 1.165) is 4.90 Å². The summed E-state index contributed by atoms with van der Waals surface area (Å²) in [4.78, 5) is 246. The van der Waals surface area contributed by atoms with Gasteiger partial charge in [0, 0.05) is 25.8 Å². The number of likely N-dealkylation sites (tertiary alicyclic amines) is 1. The molecule has 118 heavy (non-hydrogen) atoms. The molecule has 1 fully saturated rings. The zero-order valence-electron chi connectivity index (χ0n) is 69.8. The Balaban J connectivity index is 2.48. The molecule has 1 aliphatic heterocycles. The second kappa shape index (κ2) is 53.1. The molecule has 0 unspecified atom stereocenters. The summed E-state index contributed by atoms with van der Waals surface area (Å²) >= 11 is 0. The number of aliphatic hydroxyl groups is 1. The number of carbonyl (C=O) groups excluding carboxylic acids is 14. The summed E-state index contributed by atoms with van der Waals surface area (Å²) in [5.74, 6) is -21.2. The average molecular weight is 1670 g/mol. The van der Waals surface area contributed by atoms with Gasteiger partial charge in [-0.2, -0.15) is 0 Å². The molecule has 0 spiro atoms. The molecular formula is C78H129N17O23. The van der Waals surface area contributed by atoms with E-state index in [1.165, 1.54) is 13.8 Å². The second-order valence-corrected chi connectivity index (χ2v) is 31.6. The van der Waals surface area contributed by atoms with E-state index in [0.29, 0.717) is 24.8 Å². The molecule has 40 heteroatoms. The van der Waals surface area contributed by atoms with Crippen LogP contribution in [0.5, 0.6) is 0 Å². The van der Waals surface area contributed by atoms with Crippen LogP contribution in [0.3, 0.4) is 0 Å². The number of carboxylic acids is 4. The van der Waals surface area contributed by atoms with Crippen LogP contribution >= 0.6 is 0 Å². The minimum Gasteiger partial charge on any atom is -0.481 e. The van der Waals surface area contributed by atoms with Crippen LogP contribution in [0.1, 0.15) is 198 Å². The Bertz CT molecular complexity index is 3550. The first-order valence-electron chi connectivity index (χ1n) is 40.3. The van der Waals surface area contributed by atoms with Crippen molar-refractivity contribution in [3.8, 4) is 0 Å². The normalized spacial score (nSPS) is 16.4.